The molecule has 0 radical (unpaired) electrons. The third kappa shape index (κ3) is 3.66. The summed E-state index contributed by atoms with van der Waals surface area (Å²) in [6, 6.07) is 14.7. The Bertz CT molecular complexity index is 1470. The van der Waals surface area contributed by atoms with Gasteiger partial charge in [-0.2, -0.15) is 0 Å². The summed E-state index contributed by atoms with van der Waals surface area (Å²) in [5, 5.41) is 2.90. The van der Waals surface area contributed by atoms with E-state index in [0.29, 0.717) is 22.4 Å². The molecular weight excluding hydrogens is 404 g/mol. The number of aromatic nitrogens is 3. The highest BCUT2D eigenvalue weighted by atomic mass is 16.2. The first-order valence-electron chi connectivity index (χ1n) is 10.4. The smallest absolute Gasteiger partial charge is 0.336 e. The molecule has 7 nitrogen and oxygen atoms in total. The van der Waals surface area contributed by atoms with Crippen LogP contribution in [-0.4, -0.2) is 19.6 Å². The van der Waals surface area contributed by atoms with E-state index in [2.05, 4.69) is 5.32 Å². The molecule has 0 spiro atoms. The Hall–Kier alpha value is -3.87. The number of rotatable bonds is 4. The molecule has 0 saturated heterocycles. The van der Waals surface area contributed by atoms with Crippen molar-refractivity contribution < 1.29 is 4.79 Å². The molecule has 2 aromatic carbocycles. The largest absolute Gasteiger partial charge is 0.342 e. The van der Waals surface area contributed by atoms with Crippen molar-refractivity contribution in [3.05, 3.63) is 91.8 Å². The highest BCUT2D eigenvalue weighted by Gasteiger charge is 2.20. The molecule has 2 heterocycles. The molecule has 0 aliphatic rings. The van der Waals surface area contributed by atoms with Crippen molar-refractivity contribution >= 4 is 22.6 Å². The topological polar surface area (TPSA) is 78.0 Å². The van der Waals surface area contributed by atoms with Gasteiger partial charge in [0.1, 0.15) is 12.1 Å². The van der Waals surface area contributed by atoms with E-state index in [1.165, 1.54) is 4.57 Å². The summed E-state index contributed by atoms with van der Waals surface area (Å²) in [4.78, 5) is 39.7. The van der Waals surface area contributed by atoms with Crippen molar-refractivity contribution in [1.29, 1.82) is 0 Å². The van der Waals surface area contributed by atoms with Crippen molar-refractivity contribution in [2.75, 3.05) is 5.32 Å². The fourth-order valence-corrected chi connectivity index (χ4v) is 3.86. The highest BCUT2D eigenvalue weighted by molar-refractivity contribution is 5.92. The molecule has 32 heavy (non-hydrogen) atoms. The summed E-state index contributed by atoms with van der Waals surface area (Å²) in [6.07, 6.45) is 0. The quantitative estimate of drug-likeness (QED) is 0.539. The van der Waals surface area contributed by atoms with Crippen LogP contribution in [0.3, 0.4) is 0 Å². The average Bonchev–Trinajstić information content (AvgIpc) is 3.04. The van der Waals surface area contributed by atoms with Gasteiger partial charge in [-0.25, -0.2) is 9.36 Å². The van der Waals surface area contributed by atoms with Crippen LogP contribution < -0.4 is 16.6 Å². The molecule has 1 amide bonds. The molecule has 7 heteroatoms. The van der Waals surface area contributed by atoms with Crippen molar-refractivity contribution in [3.63, 3.8) is 0 Å². The Labute approximate surface area is 185 Å². The normalized spacial score (nSPS) is 11.2. The second kappa shape index (κ2) is 8.00. The van der Waals surface area contributed by atoms with E-state index < -0.39 is 11.2 Å². The number of carbonyl (C=O) groups excluding carboxylic acids is 1. The zero-order valence-electron chi connectivity index (χ0n) is 18.9. The molecule has 0 atom stereocenters. The highest BCUT2D eigenvalue weighted by Crippen LogP contribution is 2.18. The summed E-state index contributed by atoms with van der Waals surface area (Å²) >= 11 is 0. The first kappa shape index (κ1) is 21.4. The average molecular weight is 431 g/mol. The van der Waals surface area contributed by atoms with Crippen LogP contribution in [0.1, 0.15) is 22.4 Å². The summed E-state index contributed by atoms with van der Waals surface area (Å²) in [5.74, 6) is -0.335. The van der Waals surface area contributed by atoms with E-state index in [9.17, 15) is 14.4 Å². The van der Waals surface area contributed by atoms with Crippen LogP contribution in [0.2, 0.25) is 0 Å². The van der Waals surface area contributed by atoms with Crippen LogP contribution in [0, 0.1) is 27.7 Å². The second-order valence-electron chi connectivity index (χ2n) is 8.29. The molecule has 0 unspecified atom stereocenters. The van der Waals surface area contributed by atoms with Gasteiger partial charge in [0.2, 0.25) is 5.91 Å². The zero-order valence-corrected chi connectivity index (χ0v) is 18.9. The second-order valence-corrected chi connectivity index (χ2v) is 8.29. The first-order chi connectivity index (χ1) is 15.2. The Morgan fingerprint density at radius 3 is 2.25 bits per heavy atom. The lowest BCUT2D eigenvalue weighted by Gasteiger charge is -2.14. The maximum atomic E-state index is 13.5. The van der Waals surface area contributed by atoms with Crippen molar-refractivity contribution in [2.45, 2.75) is 34.2 Å². The van der Waals surface area contributed by atoms with Crippen LogP contribution in [0.5, 0.6) is 0 Å². The Balaban J connectivity index is 1.87. The minimum atomic E-state index is -0.548. The van der Waals surface area contributed by atoms with Gasteiger partial charge in [-0.15, -0.1) is 0 Å². The molecule has 0 saturated carbocycles. The first-order valence-corrected chi connectivity index (χ1v) is 10.4. The maximum Gasteiger partial charge on any atom is 0.336 e. The van der Waals surface area contributed by atoms with Crippen molar-refractivity contribution in [2.24, 2.45) is 7.05 Å². The lowest BCUT2D eigenvalue weighted by Crippen LogP contribution is -2.41. The molecule has 0 aliphatic carbocycles. The van der Waals surface area contributed by atoms with Gasteiger partial charge in [-0.3, -0.25) is 14.2 Å². The van der Waals surface area contributed by atoms with Crippen LogP contribution >= 0.6 is 0 Å². The molecule has 0 fully saturated rings. The maximum absolute atomic E-state index is 13.5. The van der Waals surface area contributed by atoms with Crippen LogP contribution in [0.4, 0.5) is 5.69 Å². The fourth-order valence-electron chi connectivity index (χ4n) is 3.86. The summed E-state index contributed by atoms with van der Waals surface area (Å²) in [6.45, 7) is 7.45. The van der Waals surface area contributed by atoms with Gasteiger partial charge in [0, 0.05) is 18.4 Å². The van der Waals surface area contributed by atoms with Gasteiger partial charge < -0.3 is 9.88 Å². The van der Waals surface area contributed by atoms with Gasteiger partial charge in [0.05, 0.1) is 11.2 Å². The molecule has 0 bridgehead atoms. The number of aryl methyl sites for hydroxylation is 5. The third-order valence-electron chi connectivity index (χ3n) is 5.83. The predicted molar refractivity (Wildman–Crippen MR) is 127 cm³/mol. The van der Waals surface area contributed by atoms with Crippen LogP contribution in [0.15, 0.2) is 58.1 Å². The Morgan fingerprint density at radius 2 is 1.56 bits per heavy atom. The van der Waals surface area contributed by atoms with Gasteiger partial charge >= 0.3 is 5.69 Å². The summed E-state index contributed by atoms with van der Waals surface area (Å²) < 4.78 is 4.25. The number of hydrogen-bond acceptors (Lipinski definition) is 3. The number of fused-ring (bicyclic) bond motifs is 1. The molecule has 1 N–H and O–H groups in total. The monoisotopic (exact) mass is 430 g/mol. The molecule has 4 rings (SSSR count). The standard InChI is InChI=1S/C25H26N4O3/c1-15-7-10-19(11-8-15)29-24(31)23-21(13-18(4)27(23)5)28(25(29)32)14-22(30)26-20-12-16(2)6-9-17(20)3/h6-13H,14H2,1-5H3,(H,26,30). The lowest BCUT2D eigenvalue weighted by molar-refractivity contribution is -0.116. The van der Waals surface area contributed by atoms with Gasteiger partial charge in [-0.1, -0.05) is 29.8 Å². The van der Waals surface area contributed by atoms with Crippen LogP contribution in [0.25, 0.3) is 16.7 Å². The summed E-state index contributed by atoms with van der Waals surface area (Å²) in [5.41, 5.74) is 4.84. The number of hydrogen-bond donors (Lipinski definition) is 1. The van der Waals surface area contributed by atoms with E-state index in [4.69, 9.17) is 0 Å². The lowest BCUT2D eigenvalue weighted by atomic mass is 10.1. The number of amides is 1. The van der Waals surface area contributed by atoms with Gasteiger partial charge in [0.25, 0.3) is 5.56 Å². The van der Waals surface area contributed by atoms with Gasteiger partial charge in [-0.05, 0) is 63.1 Å². The predicted octanol–water partition coefficient (Wildman–Crippen LogP) is 3.36. The Morgan fingerprint density at radius 1 is 0.906 bits per heavy atom. The van der Waals surface area contributed by atoms with Crippen molar-refractivity contribution in [3.8, 4) is 5.69 Å². The minimum absolute atomic E-state index is 0.210. The van der Waals surface area contributed by atoms with E-state index in [-0.39, 0.29) is 12.5 Å². The fraction of sp³-hybridized carbons (Fsp3) is 0.240. The minimum Gasteiger partial charge on any atom is -0.342 e. The van der Waals surface area contributed by atoms with Gasteiger partial charge in [0.15, 0.2) is 0 Å². The van der Waals surface area contributed by atoms with E-state index in [1.54, 1.807) is 29.8 Å². The molecule has 164 valence electrons. The molecule has 4 aromatic rings. The van der Waals surface area contributed by atoms with E-state index in [1.807, 2.05) is 58.0 Å². The van der Waals surface area contributed by atoms with E-state index >= 15 is 0 Å². The summed E-state index contributed by atoms with van der Waals surface area (Å²) in [7, 11) is 1.78. The third-order valence-corrected chi connectivity index (χ3v) is 5.83. The Kier molecular flexibility index (Phi) is 5.34. The van der Waals surface area contributed by atoms with Crippen LogP contribution in [-0.2, 0) is 18.4 Å². The molecule has 0 aliphatic heterocycles. The zero-order chi connectivity index (χ0) is 23.2. The number of benzene rings is 2. The number of anilines is 1. The van der Waals surface area contributed by atoms with Crippen molar-refractivity contribution in [1.82, 2.24) is 13.7 Å². The number of nitrogens with one attached hydrogen (secondary N) is 1. The molecular formula is C25H26N4O3. The number of nitrogens with zero attached hydrogens (tertiary/aromatic N) is 3. The molecule has 2 aromatic heterocycles. The van der Waals surface area contributed by atoms with E-state index in [0.717, 1.165) is 27.0 Å². The SMILES string of the molecule is Cc1ccc(-n2c(=O)c3c(cc(C)n3C)n(CC(=O)Nc3cc(C)ccc3C)c2=O)cc1. The number of carbonyl (C=O) groups is 1.